The molecule has 0 radical (unpaired) electrons. The minimum atomic E-state index is -0.267. The second-order valence-corrected chi connectivity index (χ2v) is 27.2. The van der Waals surface area contributed by atoms with Gasteiger partial charge in [0, 0.05) is 87.9 Å². The standard InChI is InChI=1S/C22H24FN3O.C21H24N4O3.C21H26N4O.C19H21FN4O/c23-19-7-5-16(6-8-19)17-3-4-18-11-21(26-20(18)10-17)22(27)25-13-15-2-1-14(9-15)12-24;22-7-1-2-16(23)11-24-21(26)18-9-15-4-3-13(8-17(15)25-18)14-5-6-19-20(10-14)28-12-27-19;1-14-4-6-15(7-5-14)16-8-9-17-12-20(25-19(17)11-16)21(26)24-13-18(23)3-2-10-22;20-15-5-3-12(4-6-15)13-1-2-14-10-18(24-17(14)9-13)19(25)23-11-16(22)7-8-21/h3-8,10-11,14-15,26H,1-2,9,12-13,24H2,(H,25,27);3-6,8-10,16,25H,1-2,7,11-12,22-23H2,(H,24,26);4-9,11-12,18,25H,2-3,10,13,22-23H2,1H3,(H,24,26);1-6,9-10,16,24H,7-8,11,21-22H2,(H,23,25)/t14-,15+;16-;18-;16-/m1110/s1. The van der Waals surface area contributed by atoms with Crippen molar-refractivity contribution < 1.29 is 37.4 Å². The van der Waals surface area contributed by atoms with Crippen LogP contribution >= 0.6 is 0 Å². The van der Waals surface area contributed by atoms with Crippen molar-refractivity contribution in [2.45, 2.75) is 76.4 Å². The third kappa shape index (κ3) is 20.5. The molecule has 23 heteroatoms. The maximum Gasteiger partial charge on any atom is 0.267 e. The number of H-pyrrole nitrogens is 4. The van der Waals surface area contributed by atoms with Crippen LogP contribution < -0.4 is 70.9 Å². The topological polar surface area (TPSA) is 380 Å². The van der Waals surface area contributed by atoms with Crippen LogP contribution in [0, 0.1) is 30.4 Å². The van der Waals surface area contributed by atoms with Gasteiger partial charge in [0.1, 0.15) is 34.4 Å². The number of rotatable bonds is 25. The van der Waals surface area contributed by atoms with E-state index in [-0.39, 0.29) is 60.2 Å². The number of carbonyl (C=O) groups is 4. The van der Waals surface area contributed by atoms with Gasteiger partial charge >= 0.3 is 0 Å². The van der Waals surface area contributed by atoms with Crippen molar-refractivity contribution in [1.82, 2.24) is 41.2 Å². The van der Waals surface area contributed by atoms with Gasteiger partial charge in [0.25, 0.3) is 23.6 Å². The Morgan fingerprint density at radius 2 is 0.745 bits per heavy atom. The summed E-state index contributed by atoms with van der Waals surface area (Å²) >= 11 is 0. The average Bonchev–Trinajstić information content (AvgIpc) is 1.71. The SMILES string of the molecule is Cc1ccc(-c2ccc3cc(C(=O)NC[C@H](N)CCCN)[nH]c3c2)cc1.NCCC[C@@H](N)CNC(=O)c1cc2ccc(-c3ccc4c(c3)OCO4)cc2[nH]1.NCC[C@H](N)CNC(=O)c1cc2ccc(-c3ccc(F)cc3)cc2[nH]1.NC[C@@H]1CC[C@H](CNC(=O)c2cc3ccc(-c4ccc(F)cc4)cc3[nH]2)C1. The second kappa shape index (κ2) is 36.6. The lowest BCUT2D eigenvalue weighted by Crippen LogP contribution is -2.38. The fourth-order valence-corrected chi connectivity index (χ4v) is 13.0. The van der Waals surface area contributed by atoms with Gasteiger partial charge < -0.3 is 90.8 Å². The van der Waals surface area contributed by atoms with Gasteiger partial charge in [0.15, 0.2) is 11.5 Å². The number of aryl methyl sites for hydroxylation is 1. The van der Waals surface area contributed by atoms with E-state index in [0.29, 0.717) is 86.8 Å². The lowest BCUT2D eigenvalue weighted by molar-refractivity contribution is 0.0936. The Bertz CT molecular complexity index is 4940. The number of ether oxygens (including phenoxy) is 2. The summed E-state index contributed by atoms with van der Waals surface area (Å²) in [7, 11) is 0. The molecule has 14 rings (SSSR count). The zero-order valence-electron chi connectivity index (χ0n) is 59.6. The molecule has 8 aromatic carbocycles. The first-order valence-corrected chi connectivity index (χ1v) is 36.1. The summed E-state index contributed by atoms with van der Waals surface area (Å²) < 4.78 is 37.0. The molecule has 1 saturated carbocycles. The van der Waals surface area contributed by atoms with Gasteiger partial charge in [0.2, 0.25) is 6.79 Å². The monoisotopic (exact) mass is 1440 g/mol. The van der Waals surface area contributed by atoms with Crippen LogP contribution in [0.3, 0.4) is 0 Å². The molecule has 106 heavy (non-hydrogen) atoms. The fraction of sp³-hybridized carbons (Fsp3) is 0.277. The first-order valence-electron chi connectivity index (χ1n) is 36.1. The van der Waals surface area contributed by atoms with Gasteiger partial charge in [-0.15, -0.1) is 0 Å². The number of nitrogens with two attached hydrogens (primary N) is 7. The number of aromatic amines is 4. The molecule has 0 unspecified atom stereocenters. The van der Waals surface area contributed by atoms with Crippen LogP contribution in [-0.2, 0) is 0 Å². The predicted molar refractivity (Wildman–Crippen MR) is 419 cm³/mol. The Kier molecular flexibility index (Phi) is 26.3. The van der Waals surface area contributed by atoms with Crippen molar-refractivity contribution in [3.8, 4) is 56.0 Å². The summed E-state index contributed by atoms with van der Waals surface area (Å²) in [6.07, 6.45) is 7.38. The highest BCUT2D eigenvalue weighted by Crippen LogP contribution is 2.37. The Balaban J connectivity index is 0.000000141. The van der Waals surface area contributed by atoms with Crippen molar-refractivity contribution >= 4 is 67.2 Å². The van der Waals surface area contributed by atoms with Crippen molar-refractivity contribution in [3.05, 3.63) is 228 Å². The van der Waals surface area contributed by atoms with E-state index in [1.54, 1.807) is 30.3 Å². The minimum Gasteiger partial charge on any atom is -0.454 e. The van der Waals surface area contributed by atoms with E-state index in [1.807, 2.05) is 97.1 Å². The van der Waals surface area contributed by atoms with Crippen LogP contribution in [0.25, 0.3) is 88.1 Å². The van der Waals surface area contributed by atoms with Gasteiger partial charge in [-0.3, -0.25) is 19.2 Å². The number of amides is 4. The molecule has 5 atom stereocenters. The molecule has 0 saturated heterocycles. The molecule has 22 N–H and O–H groups in total. The summed E-state index contributed by atoms with van der Waals surface area (Å²) in [4.78, 5) is 62.3. The van der Waals surface area contributed by atoms with Gasteiger partial charge in [-0.25, -0.2) is 8.78 Å². The zero-order chi connectivity index (χ0) is 74.6. The van der Waals surface area contributed by atoms with E-state index in [2.05, 4.69) is 84.5 Å². The highest BCUT2D eigenvalue weighted by Gasteiger charge is 2.25. The minimum absolute atomic E-state index is 0.0694. The summed E-state index contributed by atoms with van der Waals surface area (Å²) in [5.74, 6) is 1.53. The summed E-state index contributed by atoms with van der Waals surface area (Å²) in [5.41, 5.74) is 55.0. The number of benzene rings is 8. The quantitative estimate of drug-likeness (QED) is 0.0253. The lowest BCUT2D eigenvalue weighted by Gasteiger charge is -2.11. The lowest BCUT2D eigenvalue weighted by atomic mass is 10.0. The van der Waals surface area contributed by atoms with E-state index in [1.165, 1.54) is 29.8 Å². The van der Waals surface area contributed by atoms with E-state index in [4.69, 9.17) is 49.6 Å². The average molecular weight is 1440 g/mol. The Labute approximate surface area is 614 Å². The Morgan fingerprint density at radius 1 is 0.406 bits per heavy atom. The van der Waals surface area contributed by atoms with E-state index < -0.39 is 0 Å². The van der Waals surface area contributed by atoms with Gasteiger partial charge in [0.05, 0.1) is 0 Å². The number of hydrogen-bond acceptors (Lipinski definition) is 13. The van der Waals surface area contributed by atoms with Gasteiger partial charge in [-0.2, -0.15) is 0 Å². The van der Waals surface area contributed by atoms with Gasteiger partial charge in [-0.1, -0.05) is 109 Å². The number of aromatic nitrogens is 4. The summed E-state index contributed by atoms with van der Waals surface area (Å²) in [6, 6.07) is 58.1. The smallest absolute Gasteiger partial charge is 0.267 e. The highest BCUT2D eigenvalue weighted by atomic mass is 19.1. The molecule has 0 spiro atoms. The van der Waals surface area contributed by atoms with Crippen LogP contribution in [0.1, 0.15) is 98.9 Å². The number of hydrogen-bond donors (Lipinski definition) is 15. The van der Waals surface area contributed by atoms with Gasteiger partial charge in [-0.05, 0) is 226 Å². The molecule has 552 valence electrons. The first kappa shape index (κ1) is 76.1. The number of carbonyl (C=O) groups excluding carboxylic acids is 4. The van der Waals surface area contributed by atoms with E-state index in [9.17, 15) is 28.0 Å². The third-order valence-corrected chi connectivity index (χ3v) is 19.1. The van der Waals surface area contributed by atoms with Crippen LogP contribution in [-0.4, -0.2) is 121 Å². The molecule has 0 bridgehead atoms. The fourth-order valence-electron chi connectivity index (χ4n) is 13.0. The van der Waals surface area contributed by atoms with E-state index >= 15 is 0 Å². The Hall–Kier alpha value is -11.0. The first-order chi connectivity index (χ1) is 51.4. The summed E-state index contributed by atoms with van der Waals surface area (Å²) in [5, 5.41) is 15.5. The number of nitrogens with one attached hydrogen (secondary N) is 8. The molecule has 1 aliphatic carbocycles. The molecule has 5 heterocycles. The highest BCUT2D eigenvalue weighted by molar-refractivity contribution is 6.02. The number of halogens is 2. The van der Waals surface area contributed by atoms with Crippen molar-refractivity contribution in [2.24, 2.45) is 52.0 Å². The molecule has 1 aliphatic heterocycles. The Morgan fingerprint density at radius 3 is 1.13 bits per heavy atom. The largest absolute Gasteiger partial charge is 0.454 e. The maximum absolute atomic E-state index is 13.1. The zero-order valence-corrected chi connectivity index (χ0v) is 59.6. The molecule has 4 amide bonds. The molecule has 2 aliphatic rings. The van der Waals surface area contributed by atoms with E-state index in [0.717, 1.165) is 151 Å². The second-order valence-electron chi connectivity index (χ2n) is 27.2. The van der Waals surface area contributed by atoms with Crippen LogP contribution in [0.15, 0.2) is 188 Å². The molecule has 4 aromatic heterocycles. The normalized spacial score (nSPS) is 14.5. The van der Waals surface area contributed by atoms with Crippen molar-refractivity contribution in [1.29, 1.82) is 0 Å². The molecule has 21 nitrogen and oxygen atoms in total. The van der Waals surface area contributed by atoms with Crippen molar-refractivity contribution in [2.75, 3.05) is 59.2 Å². The molecule has 12 aromatic rings. The molecular weight excluding hydrogens is 1340 g/mol. The maximum atomic E-state index is 13.1. The van der Waals surface area contributed by atoms with Crippen LogP contribution in [0.5, 0.6) is 11.5 Å². The predicted octanol–water partition coefficient (Wildman–Crippen LogP) is 11.8. The molecular formula is C83H95F2N15O6. The third-order valence-electron chi connectivity index (χ3n) is 19.1. The van der Waals surface area contributed by atoms with Crippen LogP contribution in [0.2, 0.25) is 0 Å². The summed E-state index contributed by atoms with van der Waals surface area (Å²) in [6.45, 7) is 6.74. The van der Waals surface area contributed by atoms with Crippen molar-refractivity contribution in [3.63, 3.8) is 0 Å². The molecule has 1 fully saturated rings. The number of fused-ring (bicyclic) bond motifs is 5. The van der Waals surface area contributed by atoms with Crippen LogP contribution in [0.4, 0.5) is 8.78 Å².